The van der Waals surface area contributed by atoms with Crippen LogP contribution in [0.2, 0.25) is 0 Å². The van der Waals surface area contributed by atoms with Crippen LogP contribution in [0.4, 0.5) is 0 Å². The molecule has 2 rings (SSSR count). The van der Waals surface area contributed by atoms with E-state index in [1.807, 2.05) is 0 Å². The number of allylic oxidation sites excluding steroid dienone is 8. The largest absolute Gasteiger partial charge is 2.00 e. The Morgan fingerprint density at radius 3 is 1.08 bits per heavy atom. The average molecular weight is 418 g/mol. The first-order chi connectivity index (χ1) is 11.3. The molecule has 0 bridgehead atoms. The van der Waals surface area contributed by atoms with Crippen LogP contribution in [0.5, 0.6) is 0 Å². The smallest absolute Gasteiger partial charge is 0.265 e. The van der Waals surface area contributed by atoms with E-state index in [1.165, 1.54) is 10.6 Å². The molecule has 0 N–H and O–H groups in total. The molecule has 25 heavy (non-hydrogen) atoms. The van der Waals surface area contributed by atoms with E-state index in [2.05, 4.69) is 91.8 Å². The van der Waals surface area contributed by atoms with Gasteiger partial charge in [0.05, 0.1) is 0 Å². The Balaban J connectivity index is 0.000000443. The Hall–Kier alpha value is 0.339. The zero-order valence-electron chi connectivity index (χ0n) is 17.3. The Labute approximate surface area is 170 Å². The summed E-state index contributed by atoms with van der Waals surface area (Å²) in [6.45, 7) is 18.6. The minimum absolute atomic E-state index is 0. The molecule has 0 radical (unpaired) electrons. The van der Waals surface area contributed by atoms with Crippen molar-refractivity contribution in [3.63, 3.8) is 0 Å². The van der Waals surface area contributed by atoms with Gasteiger partial charge in [-0.2, -0.15) is 22.8 Å². The van der Waals surface area contributed by atoms with Gasteiger partial charge in [0.2, 0.25) is 0 Å². The molecule has 0 aliphatic heterocycles. The minimum atomic E-state index is 0. The third-order valence-corrected chi connectivity index (χ3v) is 10.3. The van der Waals surface area contributed by atoms with Crippen molar-refractivity contribution in [3.05, 3.63) is 47.1 Å². The summed E-state index contributed by atoms with van der Waals surface area (Å²) >= 11 is 0. The van der Waals surface area contributed by atoms with Gasteiger partial charge in [-0.05, 0) is 22.6 Å². The van der Waals surface area contributed by atoms with E-state index >= 15 is 0 Å². The van der Waals surface area contributed by atoms with Crippen LogP contribution in [-0.2, 0) is 17.1 Å². The fraction of sp³-hybridized carbons (Fsp3) is 0.636. The van der Waals surface area contributed by atoms with Crippen LogP contribution >= 0.6 is 15.8 Å². The number of hydrogen-bond donors (Lipinski definition) is 0. The molecule has 0 saturated heterocycles. The molecule has 142 valence electrons. The van der Waals surface area contributed by atoms with Gasteiger partial charge in [0, 0.05) is 0 Å². The predicted octanol–water partition coefficient (Wildman–Crippen LogP) is 7.86. The van der Waals surface area contributed by atoms with Crippen molar-refractivity contribution in [1.29, 1.82) is 0 Å². The summed E-state index contributed by atoms with van der Waals surface area (Å²) in [5.74, 6) is 0. The second-order valence-electron chi connectivity index (χ2n) is 7.53. The minimum Gasteiger partial charge on any atom is -0.265 e. The molecular weight excluding hydrogens is 382 g/mol. The second-order valence-corrected chi connectivity index (χ2v) is 14.3. The van der Waals surface area contributed by atoms with Gasteiger partial charge in [-0.1, -0.05) is 55.4 Å². The van der Waals surface area contributed by atoms with Gasteiger partial charge in [-0.15, -0.1) is 28.7 Å². The van der Waals surface area contributed by atoms with Crippen LogP contribution < -0.4 is 0 Å². The van der Waals surface area contributed by atoms with Gasteiger partial charge in [0.1, 0.15) is 0 Å². The summed E-state index contributed by atoms with van der Waals surface area (Å²) in [6, 6.07) is 0. The van der Waals surface area contributed by atoms with Crippen LogP contribution in [0, 0.1) is 12.2 Å². The molecule has 0 spiro atoms. The molecular formula is C22H36FeP2. The fourth-order valence-corrected chi connectivity index (χ4v) is 9.16. The van der Waals surface area contributed by atoms with Crippen molar-refractivity contribution >= 4 is 15.8 Å². The topological polar surface area (TPSA) is 0 Å². The van der Waals surface area contributed by atoms with Crippen molar-refractivity contribution in [2.45, 2.75) is 90.9 Å². The standard InChI is InChI=1S/2C11H18P.Fe/c2*1-9(2)12(10(3)4)11-7-5-6-8-11;/h2*5,7,9-10H,6H2,1-4H3;/q2*-1;+2. The third-order valence-electron chi connectivity index (χ3n) is 4.14. The maximum Gasteiger partial charge on any atom is 2.00 e. The molecule has 3 heteroatoms. The molecule has 0 atom stereocenters. The molecule has 0 aromatic carbocycles. The van der Waals surface area contributed by atoms with Crippen LogP contribution in [0.3, 0.4) is 0 Å². The quantitative estimate of drug-likeness (QED) is 0.234. The maximum absolute atomic E-state index is 3.45. The normalized spacial score (nSPS) is 16.1. The first kappa shape index (κ1) is 25.3. The summed E-state index contributed by atoms with van der Waals surface area (Å²) in [5.41, 5.74) is 3.19. The molecule has 0 heterocycles. The van der Waals surface area contributed by atoms with Gasteiger partial charge in [0.25, 0.3) is 0 Å². The molecule has 0 fully saturated rings. The molecule has 2 aliphatic carbocycles. The first-order valence-corrected chi connectivity index (χ1v) is 12.3. The SMILES string of the molecule is CC(C)P(C1=[C-]CC=C1)C(C)C.CC(C)P(C1=[C-]CC=C1)C(C)C.[Fe+2]. The Morgan fingerprint density at radius 2 is 0.920 bits per heavy atom. The summed E-state index contributed by atoms with van der Waals surface area (Å²) in [4.78, 5) is 0. The van der Waals surface area contributed by atoms with Crippen molar-refractivity contribution in [2.24, 2.45) is 0 Å². The van der Waals surface area contributed by atoms with Crippen LogP contribution in [0.25, 0.3) is 0 Å². The number of rotatable bonds is 6. The second kappa shape index (κ2) is 12.7. The average Bonchev–Trinajstić information content (AvgIpc) is 3.11. The van der Waals surface area contributed by atoms with Crippen molar-refractivity contribution in [1.82, 2.24) is 0 Å². The number of hydrogen-bond acceptors (Lipinski definition) is 0. The Bertz CT molecular complexity index is 434. The fourth-order valence-electron chi connectivity index (χ4n) is 3.45. The molecule has 0 amide bonds. The van der Waals surface area contributed by atoms with Gasteiger partial charge >= 0.3 is 17.1 Å². The van der Waals surface area contributed by atoms with E-state index in [9.17, 15) is 0 Å². The van der Waals surface area contributed by atoms with E-state index in [1.54, 1.807) is 0 Å². The molecule has 0 nitrogen and oxygen atoms in total. The molecule has 2 aliphatic rings. The maximum atomic E-state index is 3.45. The van der Waals surface area contributed by atoms with Crippen molar-refractivity contribution < 1.29 is 17.1 Å². The van der Waals surface area contributed by atoms with E-state index in [0.29, 0.717) is 0 Å². The van der Waals surface area contributed by atoms with E-state index in [-0.39, 0.29) is 32.9 Å². The molecule has 0 saturated carbocycles. The Morgan fingerprint density at radius 1 is 0.640 bits per heavy atom. The zero-order chi connectivity index (χ0) is 18.3. The molecule has 0 aromatic heterocycles. The zero-order valence-corrected chi connectivity index (χ0v) is 20.2. The van der Waals surface area contributed by atoms with Crippen LogP contribution in [0.1, 0.15) is 68.2 Å². The summed E-state index contributed by atoms with van der Waals surface area (Å²) in [5, 5.41) is 2.99. The van der Waals surface area contributed by atoms with Crippen LogP contribution in [-0.4, -0.2) is 22.6 Å². The Kier molecular flexibility index (Phi) is 12.8. The monoisotopic (exact) mass is 418 g/mol. The predicted molar refractivity (Wildman–Crippen MR) is 115 cm³/mol. The first-order valence-electron chi connectivity index (χ1n) is 9.37. The van der Waals surface area contributed by atoms with Gasteiger partial charge in [-0.3, -0.25) is 12.2 Å². The van der Waals surface area contributed by atoms with Gasteiger partial charge in [0.15, 0.2) is 0 Å². The third kappa shape index (κ3) is 8.26. The summed E-state index contributed by atoms with van der Waals surface area (Å²) < 4.78 is 0. The van der Waals surface area contributed by atoms with Gasteiger partial charge < -0.3 is 0 Å². The van der Waals surface area contributed by atoms with E-state index in [0.717, 1.165) is 35.5 Å². The summed E-state index contributed by atoms with van der Waals surface area (Å²) in [6.07, 6.45) is 18.0. The van der Waals surface area contributed by atoms with E-state index in [4.69, 9.17) is 0 Å². The van der Waals surface area contributed by atoms with Crippen molar-refractivity contribution in [3.8, 4) is 0 Å². The summed E-state index contributed by atoms with van der Waals surface area (Å²) in [7, 11) is 0.0779. The molecule has 0 aromatic rings. The van der Waals surface area contributed by atoms with Crippen LogP contribution in [0.15, 0.2) is 34.9 Å². The molecule has 0 unspecified atom stereocenters. The van der Waals surface area contributed by atoms with Gasteiger partial charge in [-0.25, -0.2) is 12.2 Å². The van der Waals surface area contributed by atoms with Crippen molar-refractivity contribution in [2.75, 3.05) is 0 Å². The van der Waals surface area contributed by atoms with E-state index < -0.39 is 0 Å².